The van der Waals surface area contributed by atoms with Crippen LogP contribution in [0.4, 0.5) is 4.79 Å². The van der Waals surface area contributed by atoms with E-state index in [4.69, 9.17) is 5.11 Å². The van der Waals surface area contributed by atoms with Gasteiger partial charge in [0.25, 0.3) is 0 Å². The molecule has 0 saturated carbocycles. The lowest BCUT2D eigenvalue weighted by molar-refractivity contribution is -0.137. The highest BCUT2D eigenvalue weighted by Crippen LogP contribution is 2.33. The molecular weight excluding hydrogens is 288 g/mol. The minimum atomic E-state index is -0.968. The normalized spacial score (nSPS) is 17.7. The van der Waals surface area contributed by atoms with Gasteiger partial charge in [0.1, 0.15) is 6.54 Å². The van der Waals surface area contributed by atoms with E-state index in [0.29, 0.717) is 13.1 Å². The smallest absolute Gasteiger partial charge is 0.323 e. The van der Waals surface area contributed by atoms with Crippen LogP contribution in [0.5, 0.6) is 0 Å². The molecule has 2 amide bonds. The molecule has 0 saturated heterocycles. The van der Waals surface area contributed by atoms with Gasteiger partial charge in [-0.15, -0.1) is 11.3 Å². The molecule has 5 nitrogen and oxygen atoms in total. The van der Waals surface area contributed by atoms with Crippen LogP contribution in [0.25, 0.3) is 0 Å². The Kier molecular flexibility index (Phi) is 4.88. The van der Waals surface area contributed by atoms with Crippen molar-refractivity contribution < 1.29 is 14.7 Å². The molecule has 1 aromatic heterocycles. The first-order valence-electron chi connectivity index (χ1n) is 7.23. The Labute approximate surface area is 129 Å². The van der Waals surface area contributed by atoms with Crippen LogP contribution in [0.15, 0.2) is 11.4 Å². The molecule has 21 heavy (non-hydrogen) atoms. The summed E-state index contributed by atoms with van der Waals surface area (Å²) in [7, 11) is 0. The highest BCUT2D eigenvalue weighted by atomic mass is 32.1. The summed E-state index contributed by atoms with van der Waals surface area (Å²) in [5.41, 5.74) is 1.19. The molecule has 0 aliphatic carbocycles. The number of carbonyl (C=O) groups is 2. The second kappa shape index (κ2) is 6.47. The lowest BCUT2D eigenvalue weighted by Gasteiger charge is -2.37. The Hall–Kier alpha value is -1.56. The van der Waals surface area contributed by atoms with Crippen molar-refractivity contribution in [2.24, 2.45) is 5.92 Å². The predicted molar refractivity (Wildman–Crippen MR) is 82.6 cm³/mol. The lowest BCUT2D eigenvalue weighted by Crippen LogP contribution is -2.49. The van der Waals surface area contributed by atoms with E-state index in [-0.39, 0.29) is 24.5 Å². The number of amides is 2. The molecule has 2 heterocycles. The molecule has 0 bridgehead atoms. The molecule has 1 N–H and O–H groups in total. The van der Waals surface area contributed by atoms with E-state index in [0.717, 1.165) is 6.42 Å². The molecule has 116 valence electrons. The highest BCUT2D eigenvalue weighted by molar-refractivity contribution is 7.10. The van der Waals surface area contributed by atoms with Gasteiger partial charge in [-0.1, -0.05) is 13.8 Å². The Bertz CT molecular complexity index is 527. The van der Waals surface area contributed by atoms with Crippen LogP contribution in [0.1, 0.15) is 37.3 Å². The number of urea groups is 1. The zero-order valence-corrected chi connectivity index (χ0v) is 13.5. The predicted octanol–water partition coefficient (Wildman–Crippen LogP) is 2.83. The average Bonchev–Trinajstić information content (AvgIpc) is 2.86. The summed E-state index contributed by atoms with van der Waals surface area (Å²) in [6.07, 6.45) is 0.853. The summed E-state index contributed by atoms with van der Waals surface area (Å²) in [4.78, 5) is 28.3. The number of carboxylic acid groups (broad SMARTS) is 1. The molecule has 0 fully saturated rings. The number of carboxylic acids is 1. The van der Waals surface area contributed by atoms with Gasteiger partial charge in [-0.05, 0) is 36.3 Å². The van der Waals surface area contributed by atoms with Gasteiger partial charge in [0.05, 0.1) is 6.04 Å². The van der Waals surface area contributed by atoms with Crippen molar-refractivity contribution in [3.8, 4) is 0 Å². The van der Waals surface area contributed by atoms with Crippen molar-refractivity contribution in [3.63, 3.8) is 0 Å². The maximum Gasteiger partial charge on any atom is 0.323 e. The Morgan fingerprint density at radius 2 is 2.24 bits per heavy atom. The van der Waals surface area contributed by atoms with Crippen molar-refractivity contribution in [2.45, 2.75) is 33.2 Å². The summed E-state index contributed by atoms with van der Waals surface area (Å²) in [5, 5.41) is 11.1. The maximum atomic E-state index is 12.7. The minimum Gasteiger partial charge on any atom is -0.480 e. The molecule has 0 radical (unpaired) electrons. The van der Waals surface area contributed by atoms with Crippen LogP contribution in [0, 0.1) is 5.92 Å². The van der Waals surface area contributed by atoms with Crippen LogP contribution in [0.2, 0.25) is 0 Å². The second-order valence-electron chi connectivity index (χ2n) is 5.87. The largest absolute Gasteiger partial charge is 0.480 e. The van der Waals surface area contributed by atoms with Crippen molar-refractivity contribution >= 4 is 23.3 Å². The van der Waals surface area contributed by atoms with Crippen molar-refractivity contribution in [1.29, 1.82) is 0 Å². The summed E-state index contributed by atoms with van der Waals surface area (Å²) in [6.45, 7) is 6.86. The molecule has 1 atom stereocenters. The average molecular weight is 310 g/mol. The third kappa shape index (κ3) is 3.56. The summed E-state index contributed by atoms with van der Waals surface area (Å²) in [6, 6.07) is 1.90. The van der Waals surface area contributed by atoms with Gasteiger partial charge in [0.15, 0.2) is 0 Å². The molecule has 1 aliphatic heterocycles. The second-order valence-corrected chi connectivity index (χ2v) is 6.87. The van der Waals surface area contributed by atoms with E-state index in [1.54, 1.807) is 16.2 Å². The highest BCUT2D eigenvalue weighted by Gasteiger charge is 2.32. The van der Waals surface area contributed by atoms with Gasteiger partial charge in [-0.3, -0.25) is 4.79 Å². The number of fused-ring (bicyclic) bond motifs is 1. The summed E-state index contributed by atoms with van der Waals surface area (Å²) >= 11 is 1.73. The first-order valence-corrected chi connectivity index (χ1v) is 8.11. The molecule has 0 aromatic carbocycles. The van der Waals surface area contributed by atoms with Crippen LogP contribution in [-0.4, -0.2) is 46.5 Å². The number of nitrogens with zero attached hydrogens (tertiary/aromatic N) is 2. The monoisotopic (exact) mass is 310 g/mol. The molecule has 1 aromatic rings. The molecule has 6 heteroatoms. The number of hydrogen-bond donors (Lipinski definition) is 1. The molecule has 0 spiro atoms. The fourth-order valence-corrected chi connectivity index (χ4v) is 3.73. The zero-order chi connectivity index (χ0) is 15.6. The first-order chi connectivity index (χ1) is 9.90. The van der Waals surface area contributed by atoms with Gasteiger partial charge in [0.2, 0.25) is 0 Å². The Balaban J connectivity index is 2.15. The number of thiophene rings is 1. The van der Waals surface area contributed by atoms with E-state index >= 15 is 0 Å². The summed E-state index contributed by atoms with van der Waals surface area (Å²) in [5.74, 6) is -0.727. The van der Waals surface area contributed by atoms with Crippen LogP contribution in [0.3, 0.4) is 0 Å². The van der Waals surface area contributed by atoms with Crippen molar-refractivity contribution in [3.05, 3.63) is 21.9 Å². The van der Waals surface area contributed by atoms with E-state index in [9.17, 15) is 9.59 Å². The van der Waals surface area contributed by atoms with Gasteiger partial charge in [-0.2, -0.15) is 0 Å². The fraction of sp³-hybridized carbons (Fsp3) is 0.600. The Morgan fingerprint density at radius 1 is 1.52 bits per heavy atom. The van der Waals surface area contributed by atoms with E-state index in [1.807, 2.05) is 20.8 Å². The molecular formula is C15H22N2O3S. The van der Waals surface area contributed by atoms with Gasteiger partial charge >= 0.3 is 12.0 Å². The van der Waals surface area contributed by atoms with E-state index in [2.05, 4.69) is 11.4 Å². The SMILES string of the molecule is CC(C)CN(CC(=O)O)C(=O)N1CCc2sccc2C1C. The van der Waals surface area contributed by atoms with Gasteiger partial charge < -0.3 is 14.9 Å². The number of aliphatic carboxylic acids is 1. The van der Waals surface area contributed by atoms with Crippen molar-refractivity contribution in [1.82, 2.24) is 9.80 Å². The topological polar surface area (TPSA) is 60.9 Å². The first kappa shape index (κ1) is 15.8. The third-order valence-electron chi connectivity index (χ3n) is 3.71. The van der Waals surface area contributed by atoms with Crippen LogP contribution in [-0.2, 0) is 11.2 Å². The quantitative estimate of drug-likeness (QED) is 0.930. The number of hydrogen-bond acceptors (Lipinski definition) is 3. The minimum absolute atomic E-state index is 0.0101. The number of rotatable bonds is 4. The van der Waals surface area contributed by atoms with E-state index < -0.39 is 5.97 Å². The van der Waals surface area contributed by atoms with Crippen molar-refractivity contribution in [2.75, 3.05) is 19.6 Å². The molecule has 1 unspecified atom stereocenters. The van der Waals surface area contributed by atoms with Gasteiger partial charge in [-0.25, -0.2) is 4.79 Å². The Morgan fingerprint density at radius 3 is 2.86 bits per heavy atom. The maximum absolute atomic E-state index is 12.7. The van der Waals surface area contributed by atoms with Gasteiger partial charge in [0, 0.05) is 18.0 Å². The fourth-order valence-electron chi connectivity index (χ4n) is 2.77. The summed E-state index contributed by atoms with van der Waals surface area (Å²) < 4.78 is 0. The molecule has 1 aliphatic rings. The standard InChI is InChI=1S/C15H22N2O3S/c1-10(2)8-16(9-14(18)19)15(20)17-6-4-13-12(11(17)3)5-7-21-13/h5,7,10-11H,4,6,8-9H2,1-3H3,(H,18,19). The third-order valence-corrected chi connectivity index (χ3v) is 4.70. The van der Waals surface area contributed by atoms with Crippen LogP contribution >= 0.6 is 11.3 Å². The lowest BCUT2D eigenvalue weighted by atomic mass is 10.0. The zero-order valence-electron chi connectivity index (χ0n) is 12.7. The molecule has 2 rings (SSSR count). The van der Waals surface area contributed by atoms with E-state index in [1.165, 1.54) is 15.3 Å². The number of carbonyl (C=O) groups excluding carboxylic acids is 1. The van der Waals surface area contributed by atoms with Crippen LogP contribution < -0.4 is 0 Å².